The molecule has 0 N–H and O–H groups in total. The molecule has 0 aromatic heterocycles. The molecule has 0 unspecified atom stereocenters. The van der Waals surface area contributed by atoms with Crippen LogP contribution >= 0.6 is 0 Å². The first-order valence-electron chi connectivity index (χ1n) is 9.03. The minimum absolute atomic E-state index is 0.325. The normalized spacial score (nSPS) is 27.3. The molecule has 2 saturated heterocycles. The zero-order valence-electron chi connectivity index (χ0n) is 14.2. The molecule has 1 atom stereocenters. The van der Waals surface area contributed by atoms with E-state index in [-0.39, 0.29) is 0 Å². The Bertz CT molecular complexity index is 542. The van der Waals surface area contributed by atoms with E-state index in [1.54, 1.807) is 5.56 Å². The molecule has 126 valence electrons. The zero-order chi connectivity index (χ0) is 15.7. The second-order valence-electron chi connectivity index (χ2n) is 7.29. The van der Waals surface area contributed by atoms with E-state index in [1.165, 1.54) is 5.69 Å². The van der Waals surface area contributed by atoms with E-state index in [0.717, 1.165) is 65.4 Å². The van der Waals surface area contributed by atoms with Crippen molar-refractivity contribution >= 4 is 5.69 Å². The maximum atomic E-state index is 5.64. The minimum atomic E-state index is 0.325. The largest absolute Gasteiger partial charge is 0.381 e. The van der Waals surface area contributed by atoms with Crippen LogP contribution in [0.2, 0.25) is 0 Å². The topological polar surface area (TPSA) is 24.9 Å². The summed E-state index contributed by atoms with van der Waals surface area (Å²) in [6.07, 6.45) is 2.32. The van der Waals surface area contributed by atoms with Crippen molar-refractivity contribution in [2.45, 2.75) is 31.2 Å². The summed E-state index contributed by atoms with van der Waals surface area (Å²) in [5, 5.41) is 0. The lowest BCUT2D eigenvalue weighted by Crippen LogP contribution is -2.47. The fourth-order valence-corrected chi connectivity index (χ4v) is 4.47. The highest BCUT2D eigenvalue weighted by Crippen LogP contribution is 2.46. The van der Waals surface area contributed by atoms with Crippen molar-refractivity contribution < 1.29 is 9.47 Å². The summed E-state index contributed by atoms with van der Waals surface area (Å²) >= 11 is 0. The monoisotopic (exact) mass is 316 g/mol. The van der Waals surface area contributed by atoms with Crippen LogP contribution in [0.5, 0.6) is 0 Å². The first kappa shape index (κ1) is 15.4. The van der Waals surface area contributed by atoms with Gasteiger partial charge in [0.15, 0.2) is 0 Å². The molecule has 0 aliphatic carbocycles. The van der Waals surface area contributed by atoms with Crippen molar-refractivity contribution in [2.24, 2.45) is 0 Å². The summed E-state index contributed by atoms with van der Waals surface area (Å²) in [6, 6.07) is 9.57. The van der Waals surface area contributed by atoms with E-state index < -0.39 is 0 Å². The number of nitrogens with zero attached hydrogens (tertiary/aromatic N) is 2. The Kier molecular flexibility index (Phi) is 4.31. The van der Waals surface area contributed by atoms with Crippen LogP contribution < -0.4 is 4.90 Å². The van der Waals surface area contributed by atoms with Crippen molar-refractivity contribution in [1.82, 2.24) is 4.90 Å². The molecule has 4 rings (SSSR count). The van der Waals surface area contributed by atoms with Crippen LogP contribution in [0.3, 0.4) is 0 Å². The average molecular weight is 316 g/mol. The van der Waals surface area contributed by atoms with E-state index in [4.69, 9.17) is 9.47 Å². The van der Waals surface area contributed by atoms with Crippen LogP contribution in [0.25, 0.3) is 0 Å². The van der Waals surface area contributed by atoms with Gasteiger partial charge in [-0.05, 0) is 31.4 Å². The average Bonchev–Trinajstić information content (AvgIpc) is 2.89. The number of fused-ring (bicyclic) bond motifs is 2. The molecule has 3 aliphatic heterocycles. The number of rotatable bonds is 3. The van der Waals surface area contributed by atoms with Gasteiger partial charge >= 0.3 is 0 Å². The maximum Gasteiger partial charge on any atom is 0.0619 e. The first-order valence-corrected chi connectivity index (χ1v) is 9.03. The van der Waals surface area contributed by atoms with Crippen LogP contribution in [0, 0.1) is 0 Å². The molecule has 0 saturated carbocycles. The summed E-state index contributed by atoms with van der Waals surface area (Å²) in [6.45, 7) is 10.3. The third kappa shape index (κ3) is 2.88. The minimum Gasteiger partial charge on any atom is -0.381 e. The van der Waals surface area contributed by atoms with E-state index in [9.17, 15) is 0 Å². The highest BCUT2D eigenvalue weighted by molar-refractivity contribution is 5.62. The van der Waals surface area contributed by atoms with Gasteiger partial charge in [0.2, 0.25) is 0 Å². The summed E-state index contributed by atoms with van der Waals surface area (Å²) in [5.74, 6) is 0. The maximum absolute atomic E-state index is 5.64. The van der Waals surface area contributed by atoms with Gasteiger partial charge in [0.1, 0.15) is 0 Å². The van der Waals surface area contributed by atoms with Gasteiger partial charge in [-0.25, -0.2) is 0 Å². The van der Waals surface area contributed by atoms with Gasteiger partial charge in [0.05, 0.1) is 13.2 Å². The standard InChI is InChI=1S/C19H28N2O2/c1-16-14-23-13-10-20(16)8-9-21-15-19(6-11-22-12-7-19)17-4-2-3-5-18(17)21/h2-5,16H,6-15H2,1H3/t16-/m0/s1. The van der Waals surface area contributed by atoms with Gasteiger partial charge in [0, 0.05) is 56.5 Å². The van der Waals surface area contributed by atoms with Gasteiger partial charge in [-0.1, -0.05) is 18.2 Å². The lowest BCUT2D eigenvalue weighted by Gasteiger charge is -2.36. The Morgan fingerprint density at radius 2 is 1.91 bits per heavy atom. The molecule has 0 amide bonds. The summed E-state index contributed by atoms with van der Waals surface area (Å²) in [5.41, 5.74) is 3.33. The van der Waals surface area contributed by atoms with Crippen molar-refractivity contribution in [2.75, 3.05) is 57.5 Å². The fourth-order valence-electron chi connectivity index (χ4n) is 4.47. The number of para-hydroxylation sites is 1. The molecule has 1 spiro atoms. The van der Waals surface area contributed by atoms with Crippen molar-refractivity contribution in [1.29, 1.82) is 0 Å². The lowest BCUT2D eigenvalue weighted by atomic mass is 9.76. The van der Waals surface area contributed by atoms with Crippen LogP contribution in [0.15, 0.2) is 24.3 Å². The number of hydrogen-bond donors (Lipinski definition) is 0. The van der Waals surface area contributed by atoms with Gasteiger partial charge in [-0.15, -0.1) is 0 Å². The second-order valence-corrected chi connectivity index (χ2v) is 7.29. The molecule has 0 radical (unpaired) electrons. The van der Waals surface area contributed by atoms with Gasteiger partial charge < -0.3 is 14.4 Å². The SMILES string of the molecule is C[C@H]1COCCN1CCN1CC2(CCOCC2)c2ccccc21. The molecule has 23 heavy (non-hydrogen) atoms. The van der Waals surface area contributed by atoms with Gasteiger partial charge in [0.25, 0.3) is 0 Å². The highest BCUT2D eigenvalue weighted by atomic mass is 16.5. The smallest absolute Gasteiger partial charge is 0.0619 e. The van der Waals surface area contributed by atoms with E-state index >= 15 is 0 Å². The molecule has 0 bridgehead atoms. The van der Waals surface area contributed by atoms with Crippen molar-refractivity contribution in [3.8, 4) is 0 Å². The van der Waals surface area contributed by atoms with E-state index in [2.05, 4.69) is 41.0 Å². The molecule has 4 nitrogen and oxygen atoms in total. The van der Waals surface area contributed by atoms with E-state index in [0.29, 0.717) is 11.5 Å². The lowest BCUT2D eigenvalue weighted by molar-refractivity contribution is 0.000979. The van der Waals surface area contributed by atoms with Crippen molar-refractivity contribution in [3.63, 3.8) is 0 Å². The zero-order valence-corrected chi connectivity index (χ0v) is 14.2. The number of anilines is 1. The Morgan fingerprint density at radius 3 is 2.74 bits per heavy atom. The number of benzene rings is 1. The summed E-state index contributed by atoms with van der Waals surface area (Å²) in [7, 11) is 0. The molecule has 2 fully saturated rings. The molecule has 1 aromatic carbocycles. The molecule has 4 heteroatoms. The Labute approximate surface area is 139 Å². The Morgan fingerprint density at radius 1 is 1.09 bits per heavy atom. The quantitative estimate of drug-likeness (QED) is 0.854. The molecule has 1 aromatic rings. The molecule has 3 aliphatic rings. The van der Waals surface area contributed by atoms with Gasteiger partial charge in [-0.3, -0.25) is 4.90 Å². The van der Waals surface area contributed by atoms with Crippen molar-refractivity contribution in [3.05, 3.63) is 29.8 Å². The molecule has 3 heterocycles. The summed E-state index contributed by atoms with van der Waals surface area (Å²) < 4.78 is 11.2. The first-order chi connectivity index (χ1) is 11.3. The third-order valence-electron chi connectivity index (χ3n) is 5.92. The Balaban J connectivity index is 1.49. The predicted molar refractivity (Wildman–Crippen MR) is 92.2 cm³/mol. The Hall–Kier alpha value is -1.10. The van der Waals surface area contributed by atoms with Gasteiger partial charge in [-0.2, -0.15) is 0 Å². The predicted octanol–water partition coefficient (Wildman–Crippen LogP) is 2.28. The number of morpholine rings is 1. The molecular formula is C19H28N2O2. The van der Waals surface area contributed by atoms with Crippen LogP contribution in [-0.2, 0) is 14.9 Å². The second kappa shape index (κ2) is 6.42. The van der Waals surface area contributed by atoms with E-state index in [1.807, 2.05) is 0 Å². The van der Waals surface area contributed by atoms with Crippen LogP contribution in [0.4, 0.5) is 5.69 Å². The molecular weight excluding hydrogens is 288 g/mol. The third-order valence-corrected chi connectivity index (χ3v) is 5.92. The fraction of sp³-hybridized carbons (Fsp3) is 0.684. The number of ether oxygens (including phenoxy) is 2. The highest BCUT2D eigenvalue weighted by Gasteiger charge is 2.43. The van der Waals surface area contributed by atoms with Crippen LogP contribution in [0.1, 0.15) is 25.3 Å². The number of hydrogen-bond acceptors (Lipinski definition) is 4. The summed E-state index contributed by atoms with van der Waals surface area (Å²) in [4.78, 5) is 5.18. The van der Waals surface area contributed by atoms with Crippen LogP contribution in [-0.4, -0.2) is 63.5 Å².